The molecule has 28 heavy (non-hydrogen) atoms. The summed E-state index contributed by atoms with van der Waals surface area (Å²) in [5, 5.41) is 2.35. The topological polar surface area (TPSA) is 13.1 Å². The van der Waals surface area contributed by atoms with Crippen LogP contribution in [0.3, 0.4) is 0 Å². The molecule has 0 amide bonds. The van der Waals surface area contributed by atoms with Crippen molar-refractivity contribution in [2.45, 2.75) is 19.3 Å². The fourth-order valence-electron chi connectivity index (χ4n) is 4.85. The Kier molecular flexibility index (Phi) is 3.01. The summed E-state index contributed by atoms with van der Waals surface area (Å²) in [7, 11) is 0. The quantitative estimate of drug-likeness (QED) is 0.300. The zero-order valence-electron chi connectivity index (χ0n) is 16.0. The summed E-state index contributed by atoms with van der Waals surface area (Å²) in [5.74, 6) is 0. The van der Waals surface area contributed by atoms with Gasteiger partial charge in [-0.3, -0.25) is 0 Å². The molecule has 0 saturated carbocycles. The molecule has 0 bridgehead atoms. The van der Waals surface area contributed by atoms with Crippen LogP contribution in [0.15, 0.2) is 89.3 Å². The fraction of sp³-hybridized carbons (Fsp3) is 0.111. The Hall–Kier alpha value is -3.32. The minimum Gasteiger partial charge on any atom is -0.455 e. The molecule has 5 aromatic rings. The van der Waals surface area contributed by atoms with Crippen LogP contribution in [0.5, 0.6) is 0 Å². The molecule has 0 unspecified atom stereocenters. The lowest BCUT2D eigenvalue weighted by Crippen LogP contribution is -2.14. The molecule has 6 rings (SSSR count). The van der Waals surface area contributed by atoms with E-state index in [0.717, 1.165) is 16.7 Å². The number of rotatable bonds is 1. The lowest BCUT2D eigenvalue weighted by Gasteiger charge is -2.22. The minimum atomic E-state index is 0.00368. The van der Waals surface area contributed by atoms with Gasteiger partial charge in [-0.25, -0.2) is 0 Å². The third-order valence-electron chi connectivity index (χ3n) is 6.30. The predicted octanol–water partition coefficient (Wildman–Crippen LogP) is 7.56. The van der Waals surface area contributed by atoms with E-state index >= 15 is 0 Å². The number of hydrogen-bond acceptors (Lipinski definition) is 1. The van der Waals surface area contributed by atoms with Crippen molar-refractivity contribution in [3.63, 3.8) is 0 Å². The number of benzene rings is 4. The van der Waals surface area contributed by atoms with Crippen LogP contribution < -0.4 is 0 Å². The summed E-state index contributed by atoms with van der Waals surface area (Å²) < 4.78 is 6.27. The van der Waals surface area contributed by atoms with E-state index in [1.165, 1.54) is 38.6 Å². The monoisotopic (exact) mass is 360 g/mol. The molecule has 1 nitrogen and oxygen atoms in total. The maximum atomic E-state index is 6.27. The first-order valence-electron chi connectivity index (χ1n) is 9.79. The van der Waals surface area contributed by atoms with E-state index in [1.54, 1.807) is 0 Å². The Labute approximate surface area is 164 Å². The van der Waals surface area contributed by atoms with Crippen molar-refractivity contribution >= 4 is 21.9 Å². The Morgan fingerprint density at radius 3 is 2.25 bits per heavy atom. The zero-order valence-corrected chi connectivity index (χ0v) is 16.0. The highest BCUT2D eigenvalue weighted by molar-refractivity contribution is 6.09. The molecule has 4 aromatic carbocycles. The van der Waals surface area contributed by atoms with Crippen LogP contribution in [0, 0.1) is 0 Å². The smallest absolute Gasteiger partial charge is 0.143 e. The molecule has 0 fully saturated rings. The van der Waals surface area contributed by atoms with E-state index in [0.29, 0.717) is 0 Å². The fourth-order valence-corrected chi connectivity index (χ4v) is 4.85. The number of fused-ring (bicyclic) bond motifs is 6. The molecule has 0 aliphatic heterocycles. The summed E-state index contributed by atoms with van der Waals surface area (Å²) >= 11 is 0. The third kappa shape index (κ3) is 1.96. The van der Waals surface area contributed by atoms with Gasteiger partial charge in [0.1, 0.15) is 11.2 Å². The van der Waals surface area contributed by atoms with Crippen LogP contribution in [0.4, 0.5) is 0 Å². The number of hydrogen-bond donors (Lipinski definition) is 0. The van der Waals surface area contributed by atoms with E-state index in [2.05, 4.69) is 86.6 Å². The van der Waals surface area contributed by atoms with Crippen molar-refractivity contribution in [1.29, 1.82) is 0 Å². The standard InChI is InChI=1S/C27H20O/c1-27(2)23-12-5-3-8-19(23)20-15-14-17(16-24(20)27)18-10-7-11-22-21-9-4-6-13-25(21)28-26(18)22/h3-16H,1-2H3. The summed E-state index contributed by atoms with van der Waals surface area (Å²) in [5.41, 5.74) is 9.79. The van der Waals surface area contributed by atoms with Crippen LogP contribution >= 0.6 is 0 Å². The van der Waals surface area contributed by atoms with Crippen molar-refractivity contribution < 1.29 is 4.42 Å². The molecule has 1 aliphatic rings. The maximum Gasteiger partial charge on any atom is 0.143 e. The highest BCUT2D eigenvalue weighted by Crippen LogP contribution is 2.49. The Balaban J connectivity index is 1.61. The van der Waals surface area contributed by atoms with Crippen molar-refractivity contribution in [2.24, 2.45) is 0 Å². The predicted molar refractivity (Wildman–Crippen MR) is 117 cm³/mol. The first-order chi connectivity index (χ1) is 13.6. The second kappa shape index (κ2) is 5.36. The van der Waals surface area contributed by atoms with Crippen molar-refractivity contribution in [3.05, 3.63) is 96.1 Å². The molecule has 1 heterocycles. The molecule has 0 radical (unpaired) electrons. The third-order valence-corrected chi connectivity index (χ3v) is 6.30. The van der Waals surface area contributed by atoms with Crippen LogP contribution in [0.1, 0.15) is 25.0 Å². The zero-order chi connectivity index (χ0) is 18.9. The first-order valence-corrected chi connectivity index (χ1v) is 9.79. The Morgan fingerprint density at radius 2 is 1.32 bits per heavy atom. The van der Waals surface area contributed by atoms with Gasteiger partial charge in [0.2, 0.25) is 0 Å². The van der Waals surface area contributed by atoms with Gasteiger partial charge < -0.3 is 4.42 Å². The number of para-hydroxylation sites is 2. The molecule has 1 aliphatic carbocycles. The molecule has 0 N–H and O–H groups in total. The van der Waals surface area contributed by atoms with Crippen molar-refractivity contribution in [3.8, 4) is 22.3 Å². The van der Waals surface area contributed by atoms with Crippen LogP contribution in [0.2, 0.25) is 0 Å². The van der Waals surface area contributed by atoms with Crippen LogP contribution in [0.25, 0.3) is 44.2 Å². The average Bonchev–Trinajstić information content (AvgIpc) is 3.22. The molecule has 134 valence electrons. The second-order valence-electron chi connectivity index (χ2n) is 8.21. The van der Waals surface area contributed by atoms with Crippen LogP contribution in [-0.2, 0) is 5.41 Å². The van der Waals surface area contributed by atoms with Gasteiger partial charge in [0.25, 0.3) is 0 Å². The first kappa shape index (κ1) is 15.7. The lowest BCUT2D eigenvalue weighted by atomic mass is 9.81. The van der Waals surface area contributed by atoms with E-state index in [4.69, 9.17) is 4.42 Å². The molecule has 1 heteroatoms. The largest absolute Gasteiger partial charge is 0.455 e. The summed E-state index contributed by atoms with van der Waals surface area (Å²) in [6.45, 7) is 4.65. The normalized spacial score (nSPS) is 14.4. The summed E-state index contributed by atoms with van der Waals surface area (Å²) in [6, 6.07) is 30.4. The summed E-state index contributed by atoms with van der Waals surface area (Å²) in [4.78, 5) is 0. The van der Waals surface area contributed by atoms with E-state index < -0.39 is 0 Å². The van der Waals surface area contributed by atoms with Crippen molar-refractivity contribution in [1.82, 2.24) is 0 Å². The van der Waals surface area contributed by atoms with E-state index in [-0.39, 0.29) is 5.41 Å². The van der Waals surface area contributed by atoms with Gasteiger partial charge in [0, 0.05) is 21.8 Å². The van der Waals surface area contributed by atoms with E-state index in [1.807, 2.05) is 12.1 Å². The average molecular weight is 360 g/mol. The van der Waals surface area contributed by atoms with Gasteiger partial charge in [-0.2, -0.15) is 0 Å². The molecular weight excluding hydrogens is 340 g/mol. The van der Waals surface area contributed by atoms with Gasteiger partial charge in [-0.15, -0.1) is 0 Å². The Bertz CT molecular complexity index is 1380. The maximum absolute atomic E-state index is 6.27. The van der Waals surface area contributed by atoms with Gasteiger partial charge in [0.05, 0.1) is 0 Å². The SMILES string of the molecule is CC1(C)c2ccccc2-c2ccc(-c3cccc4c3oc3ccccc34)cc21. The highest BCUT2D eigenvalue weighted by atomic mass is 16.3. The van der Waals surface area contributed by atoms with Crippen molar-refractivity contribution in [2.75, 3.05) is 0 Å². The second-order valence-corrected chi connectivity index (χ2v) is 8.21. The molecule has 0 atom stereocenters. The number of furan rings is 1. The van der Waals surface area contributed by atoms with Gasteiger partial charge in [-0.1, -0.05) is 86.6 Å². The summed E-state index contributed by atoms with van der Waals surface area (Å²) in [6.07, 6.45) is 0. The molecule has 1 aromatic heterocycles. The lowest BCUT2D eigenvalue weighted by molar-refractivity contribution is 0.660. The van der Waals surface area contributed by atoms with E-state index in [9.17, 15) is 0 Å². The molecule has 0 saturated heterocycles. The van der Waals surface area contributed by atoms with Crippen LogP contribution in [-0.4, -0.2) is 0 Å². The highest BCUT2D eigenvalue weighted by Gasteiger charge is 2.35. The Morgan fingerprint density at radius 1 is 0.607 bits per heavy atom. The van der Waals surface area contributed by atoms with Gasteiger partial charge >= 0.3 is 0 Å². The van der Waals surface area contributed by atoms with Gasteiger partial charge in [0.15, 0.2) is 0 Å². The van der Waals surface area contributed by atoms with Gasteiger partial charge in [-0.05, 0) is 39.9 Å². The minimum absolute atomic E-state index is 0.00368. The molecule has 0 spiro atoms. The molecular formula is C27H20O.